The van der Waals surface area contributed by atoms with Crippen molar-refractivity contribution < 1.29 is 0 Å². The molecule has 1 aromatic heterocycles. The molecule has 0 radical (unpaired) electrons. The third-order valence-electron chi connectivity index (χ3n) is 3.78. The quantitative estimate of drug-likeness (QED) is 0.901. The van der Waals surface area contributed by atoms with Gasteiger partial charge in [0.25, 0.3) is 0 Å². The van der Waals surface area contributed by atoms with Gasteiger partial charge in [-0.15, -0.1) is 11.3 Å². The Morgan fingerprint density at radius 2 is 2.22 bits per heavy atom. The standard InChI is InChI=1S/C15H26N2S/c1-12(11-15-7-6-13(2)18-15)16-14-5-4-9-17(3)10-8-14/h6-7,12,14,16H,4-5,8-11H2,1-3H3. The topological polar surface area (TPSA) is 15.3 Å². The summed E-state index contributed by atoms with van der Waals surface area (Å²) >= 11 is 1.93. The molecule has 0 spiro atoms. The SMILES string of the molecule is Cc1ccc(CC(C)NC2CCCN(C)CC2)s1. The molecule has 102 valence electrons. The highest BCUT2D eigenvalue weighted by Gasteiger charge is 2.16. The minimum Gasteiger partial charge on any atom is -0.311 e. The number of rotatable bonds is 4. The van der Waals surface area contributed by atoms with Gasteiger partial charge < -0.3 is 10.2 Å². The molecule has 1 aliphatic heterocycles. The largest absolute Gasteiger partial charge is 0.311 e. The molecule has 2 nitrogen and oxygen atoms in total. The zero-order chi connectivity index (χ0) is 13.0. The third-order valence-corrected chi connectivity index (χ3v) is 4.80. The van der Waals surface area contributed by atoms with Crippen LogP contribution in [-0.4, -0.2) is 37.1 Å². The number of hydrogen-bond acceptors (Lipinski definition) is 3. The van der Waals surface area contributed by atoms with Crippen LogP contribution in [0.1, 0.15) is 35.9 Å². The van der Waals surface area contributed by atoms with Crippen LogP contribution in [0.4, 0.5) is 0 Å². The fourth-order valence-electron chi connectivity index (χ4n) is 2.76. The maximum absolute atomic E-state index is 3.82. The fraction of sp³-hybridized carbons (Fsp3) is 0.733. The van der Waals surface area contributed by atoms with Gasteiger partial charge >= 0.3 is 0 Å². The average molecular weight is 266 g/mol. The summed E-state index contributed by atoms with van der Waals surface area (Å²) in [4.78, 5) is 5.39. The Hall–Kier alpha value is -0.380. The second-order valence-corrected chi connectivity index (χ2v) is 7.09. The lowest BCUT2D eigenvalue weighted by atomic mass is 10.1. The third kappa shape index (κ3) is 4.38. The lowest BCUT2D eigenvalue weighted by Crippen LogP contribution is -2.38. The molecule has 2 rings (SSSR count). The van der Waals surface area contributed by atoms with Crippen molar-refractivity contribution in [1.29, 1.82) is 0 Å². The molecule has 1 fully saturated rings. The van der Waals surface area contributed by atoms with Crippen LogP contribution in [0.3, 0.4) is 0 Å². The summed E-state index contributed by atoms with van der Waals surface area (Å²) in [5.74, 6) is 0. The van der Waals surface area contributed by atoms with Crippen LogP contribution in [-0.2, 0) is 6.42 Å². The summed E-state index contributed by atoms with van der Waals surface area (Å²) in [5.41, 5.74) is 0. The van der Waals surface area contributed by atoms with Crippen molar-refractivity contribution in [2.75, 3.05) is 20.1 Å². The van der Waals surface area contributed by atoms with Gasteiger partial charge in [0.15, 0.2) is 0 Å². The summed E-state index contributed by atoms with van der Waals surface area (Å²) in [6.45, 7) is 7.01. The Bertz CT molecular complexity index is 361. The Labute approximate surface area is 115 Å². The zero-order valence-electron chi connectivity index (χ0n) is 11.9. The van der Waals surface area contributed by atoms with Crippen molar-refractivity contribution in [2.24, 2.45) is 0 Å². The van der Waals surface area contributed by atoms with E-state index in [0.29, 0.717) is 12.1 Å². The molecular formula is C15H26N2S. The van der Waals surface area contributed by atoms with E-state index in [4.69, 9.17) is 0 Å². The molecule has 0 aromatic carbocycles. The first-order valence-electron chi connectivity index (χ1n) is 7.13. The van der Waals surface area contributed by atoms with E-state index in [2.05, 4.69) is 43.2 Å². The summed E-state index contributed by atoms with van der Waals surface area (Å²) in [6.07, 6.45) is 5.13. The van der Waals surface area contributed by atoms with E-state index in [1.54, 1.807) is 0 Å². The number of nitrogens with zero attached hydrogens (tertiary/aromatic N) is 1. The van der Waals surface area contributed by atoms with Crippen molar-refractivity contribution in [2.45, 2.75) is 51.6 Å². The molecule has 2 heterocycles. The lowest BCUT2D eigenvalue weighted by molar-refractivity contribution is 0.339. The molecule has 1 saturated heterocycles. The van der Waals surface area contributed by atoms with Gasteiger partial charge in [-0.05, 0) is 71.8 Å². The van der Waals surface area contributed by atoms with Crippen LogP contribution in [0.2, 0.25) is 0 Å². The maximum atomic E-state index is 3.82. The van der Waals surface area contributed by atoms with Crippen LogP contribution in [0.15, 0.2) is 12.1 Å². The average Bonchev–Trinajstić information content (AvgIpc) is 2.59. The number of hydrogen-bond donors (Lipinski definition) is 1. The van der Waals surface area contributed by atoms with Gasteiger partial charge in [-0.2, -0.15) is 0 Å². The molecule has 3 heteroatoms. The van der Waals surface area contributed by atoms with E-state index in [-0.39, 0.29) is 0 Å². The van der Waals surface area contributed by atoms with E-state index in [9.17, 15) is 0 Å². The van der Waals surface area contributed by atoms with Gasteiger partial charge in [0.05, 0.1) is 0 Å². The molecule has 0 aliphatic carbocycles. The van der Waals surface area contributed by atoms with Crippen LogP contribution >= 0.6 is 11.3 Å². The van der Waals surface area contributed by atoms with Crippen molar-refractivity contribution in [3.8, 4) is 0 Å². The van der Waals surface area contributed by atoms with Crippen molar-refractivity contribution >= 4 is 11.3 Å². The predicted octanol–water partition coefficient (Wildman–Crippen LogP) is 3.06. The smallest absolute Gasteiger partial charge is 0.00896 e. The van der Waals surface area contributed by atoms with Gasteiger partial charge in [-0.1, -0.05) is 0 Å². The first-order chi connectivity index (χ1) is 8.63. The Balaban J connectivity index is 1.78. The van der Waals surface area contributed by atoms with Gasteiger partial charge in [0, 0.05) is 21.8 Å². The lowest BCUT2D eigenvalue weighted by Gasteiger charge is -2.21. The Morgan fingerprint density at radius 3 is 2.94 bits per heavy atom. The molecule has 2 atom stereocenters. The van der Waals surface area contributed by atoms with E-state index in [0.717, 1.165) is 0 Å². The fourth-order valence-corrected chi connectivity index (χ4v) is 3.78. The molecule has 2 unspecified atom stereocenters. The van der Waals surface area contributed by atoms with Crippen LogP contribution in [0.5, 0.6) is 0 Å². The van der Waals surface area contributed by atoms with Crippen LogP contribution < -0.4 is 5.32 Å². The van der Waals surface area contributed by atoms with Gasteiger partial charge in [0.2, 0.25) is 0 Å². The second kappa shape index (κ2) is 6.69. The Morgan fingerprint density at radius 1 is 1.39 bits per heavy atom. The highest BCUT2D eigenvalue weighted by Crippen LogP contribution is 2.17. The zero-order valence-corrected chi connectivity index (χ0v) is 12.7. The number of aryl methyl sites for hydroxylation is 1. The number of thiophene rings is 1. The molecule has 1 aromatic rings. The van der Waals surface area contributed by atoms with E-state index < -0.39 is 0 Å². The van der Waals surface area contributed by atoms with Crippen molar-refractivity contribution in [3.63, 3.8) is 0 Å². The molecule has 18 heavy (non-hydrogen) atoms. The molecule has 1 N–H and O–H groups in total. The van der Waals surface area contributed by atoms with Gasteiger partial charge in [-0.25, -0.2) is 0 Å². The first-order valence-corrected chi connectivity index (χ1v) is 7.95. The molecule has 0 bridgehead atoms. The van der Waals surface area contributed by atoms with Gasteiger partial charge in [-0.3, -0.25) is 0 Å². The summed E-state index contributed by atoms with van der Waals surface area (Å²) < 4.78 is 0. The Kier molecular flexibility index (Phi) is 5.22. The normalized spacial score (nSPS) is 23.8. The van der Waals surface area contributed by atoms with E-state index >= 15 is 0 Å². The van der Waals surface area contributed by atoms with E-state index in [1.165, 1.54) is 48.5 Å². The highest BCUT2D eigenvalue weighted by atomic mass is 32.1. The van der Waals surface area contributed by atoms with Gasteiger partial charge in [0.1, 0.15) is 0 Å². The maximum Gasteiger partial charge on any atom is 0.00896 e. The molecule has 0 saturated carbocycles. The first kappa shape index (κ1) is 14.0. The predicted molar refractivity (Wildman–Crippen MR) is 80.5 cm³/mol. The summed E-state index contributed by atoms with van der Waals surface area (Å²) in [7, 11) is 2.24. The molecule has 1 aliphatic rings. The number of likely N-dealkylation sites (tertiary alicyclic amines) is 1. The van der Waals surface area contributed by atoms with Crippen molar-refractivity contribution in [3.05, 3.63) is 21.9 Å². The van der Waals surface area contributed by atoms with Crippen LogP contribution in [0, 0.1) is 6.92 Å². The van der Waals surface area contributed by atoms with Crippen LogP contribution in [0.25, 0.3) is 0 Å². The molecular weight excluding hydrogens is 240 g/mol. The number of nitrogens with one attached hydrogen (secondary N) is 1. The summed E-state index contributed by atoms with van der Waals surface area (Å²) in [6, 6.07) is 5.81. The summed E-state index contributed by atoms with van der Waals surface area (Å²) in [5, 5.41) is 3.82. The minimum absolute atomic E-state index is 0.594. The van der Waals surface area contributed by atoms with E-state index in [1.807, 2.05) is 11.3 Å². The minimum atomic E-state index is 0.594. The van der Waals surface area contributed by atoms with Crippen molar-refractivity contribution in [1.82, 2.24) is 10.2 Å². The monoisotopic (exact) mass is 266 g/mol. The molecule has 0 amide bonds. The highest BCUT2D eigenvalue weighted by molar-refractivity contribution is 7.11. The second-order valence-electron chi connectivity index (χ2n) is 5.72.